The van der Waals surface area contributed by atoms with Crippen LogP contribution in [0.1, 0.15) is 33.6 Å². The summed E-state index contributed by atoms with van der Waals surface area (Å²) in [4.78, 5) is 25.3. The molecule has 0 radical (unpaired) electrons. The number of rotatable bonds is 2. The number of amides is 1. The number of fused-ring (bicyclic) bond motifs is 1. The van der Waals surface area contributed by atoms with E-state index in [1.807, 2.05) is 57.0 Å². The summed E-state index contributed by atoms with van der Waals surface area (Å²) in [6.07, 6.45) is 1.60. The molecule has 0 saturated carbocycles. The highest BCUT2D eigenvalue weighted by Gasteiger charge is 2.30. The van der Waals surface area contributed by atoms with E-state index in [1.54, 1.807) is 4.90 Å². The predicted octanol–water partition coefficient (Wildman–Crippen LogP) is 4.12. The summed E-state index contributed by atoms with van der Waals surface area (Å²) in [5.74, 6) is 0.640. The standard InChI is InChI=1S/C19H25ClN4O2/c1-19(2,3)26-18(25)24-11-7-8-13(12-24)23(4)17-16(20)21-14-9-5-6-10-15(14)22-17/h5-6,9-10,13H,7-8,11-12H2,1-4H3/t13-/m0/s1. The quantitative estimate of drug-likeness (QED) is 0.789. The number of halogens is 1. The normalized spacial score (nSPS) is 18.0. The third kappa shape index (κ3) is 4.18. The zero-order valence-corrected chi connectivity index (χ0v) is 16.5. The number of para-hydroxylation sites is 2. The molecule has 26 heavy (non-hydrogen) atoms. The minimum atomic E-state index is -0.497. The Labute approximate surface area is 159 Å². The van der Waals surface area contributed by atoms with E-state index in [-0.39, 0.29) is 12.1 Å². The zero-order chi connectivity index (χ0) is 18.9. The minimum Gasteiger partial charge on any atom is -0.444 e. The van der Waals surface area contributed by atoms with Crippen molar-refractivity contribution in [2.24, 2.45) is 0 Å². The van der Waals surface area contributed by atoms with Gasteiger partial charge in [-0.25, -0.2) is 14.8 Å². The van der Waals surface area contributed by atoms with Crippen LogP contribution in [0.4, 0.5) is 10.6 Å². The van der Waals surface area contributed by atoms with Crippen molar-refractivity contribution in [1.82, 2.24) is 14.9 Å². The van der Waals surface area contributed by atoms with Gasteiger partial charge in [0, 0.05) is 26.2 Å². The van der Waals surface area contributed by atoms with Crippen LogP contribution in [0.25, 0.3) is 11.0 Å². The van der Waals surface area contributed by atoms with E-state index < -0.39 is 5.60 Å². The van der Waals surface area contributed by atoms with Crippen LogP contribution in [0.3, 0.4) is 0 Å². The molecule has 0 aliphatic carbocycles. The second-order valence-corrected chi connectivity index (χ2v) is 8.02. The van der Waals surface area contributed by atoms with E-state index >= 15 is 0 Å². The van der Waals surface area contributed by atoms with Crippen molar-refractivity contribution in [3.05, 3.63) is 29.4 Å². The number of likely N-dealkylation sites (N-methyl/N-ethyl adjacent to an activating group) is 1. The minimum absolute atomic E-state index is 0.115. The Morgan fingerprint density at radius 2 is 1.92 bits per heavy atom. The van der Waals surface area contributed by atoms with Gasteiger partial charge >= 0.3 is 6.09 Å². The number of hydrogen-bond donors (Lipinski definition) is 0. The number of hydrogen-bond acceptors (Lipinski definition) is 5. The van der Waals surface area contributed by atoms with Crippen LogP contribution in [0.15, 0.2) is 24.3 Å². The lowest BCUT2D eigenvalue weighted by Gasteiger charge is -2.38. The zero-order valence-electron chi connectivity index (χ0n) is 15.7. The molecule has 2 aromatic rings. The molecule has 1 atom stereocenters. The van der Waals surface area contributed by atoms with E-state index in [4.69, 9.17) is 16.3 Å². The highest BCUT2D eigenvalue weighted by molar-refractivity contribution is 6.32. The molecule has 0 bridgehead atoms. The number of carbonyl (C=O) groups is 1. The third-order valence-electron chi connectivity index (χ3n) is 4.44. The predicted molar refractivity (Wildman–Crippen MR) is 104 cm³/mol. The van der Waals surface area contributed by atoms with Crippen molar-refractivity contribution in [2.75, 3.05) is 25.0 Å². The molecule has 0 spiro atoms. The first-order valence-corrected chi connectivity index (χ1v) is 9.25. The Balaban J connectivity index is 1.78. The molecule has 1 saturated heterocycles. The summed E-state index contributed by atoms with van der Waals surface area (Å²) in [5.41, 5.74) is 1.08. The van der Waals surface area contributed by atoms with Gasteiger partial charge in [-0.15, -0.1) is 0 Å². The lowest BCUT2D eigenvalue weighted by molar-refractivity contribution is 0.0199. The van der Waals surface area contributed by atoms with Crippen molar-refractivity contribution in [3.63, 3.8) is 0 Å². The smallest absolute Gasteiger partial charge is 0.410 e. The molecule has 2 heterocycles. The second-order valence-electron chi connectivity index (χ2n) is 7.66. The third-order valence-corrected chi connectivity index (χ3v) is 4.69. The van der Waals surface area contributed by atoms with E-state index in [1.165, 1.54) is 0 Å². The van der Waals surface area contributed by atoms with Gasteiger partial charge in [0.25, 0.3) is 0 Å². The van der Waals surface area contributed by atoms with Crippen LogP contribution in [0.2, 0.25) is 5.15 Å². The molecular weight excluding hydrogens is 352 g/mol. The van der Waals surface area contributed by atoms with Gasteiger partial charge in [-0.1, -0.05) is 23.7 Å². The van der Waals surface area contributed by atoms with Crippen molar-refractivity contribution in [1.29, 1.82) is 0 Å². The van der Waals surface area contributed by atoms with Crippen molar-refractivity contribution in [3.8, 4) is 0 Å². The van der Waals surface area contributed by atoms with Gasteiger partial charge < -0.3 is 14.5 Å². The maximum atomic E-state index is 12.4. The molecule has 1 aliphatic heterocycles. The van der Waals surface area contributed by atoms with Crippen LogP contribution in [-0.2, 0) is 4.74 Å². The summed E-state index contributed by atoms with van der Waals surface area (Å²) in [6.45, 7) is 6.92. The summed E-state index contributed by atoms with van der Waals surface area (Å²) in [6, 6.07) is 7.77. The summed E-state index contributed by atoms with van der Waals surface area (Å²) >= 11 is 6.38. The maximum Gasteiger partial charge on any atom is 0.410 e. The highest BCUT2D eigenvalue weighted by atomic mass is 35.5. The molecule has 6 nitrogen and oxygen atoms in total. The lowest BCUT2D eigenvalue weighted by atomic mass is 10.0. The summed E-state index contributed by atoms with van der Waals surface area (Å²) in [5, 5.41) is 0.376. The van der Waals surface area contributed by atoms with Crippen LogP contribution in [0, 0.1) is 0 Å². The topological polar surface area (TPSA) is 58.6 Å². The number of anilines is 1. The molecule has 3 rings (SSSR count). The van der Waals surface area contributed by atoms with Gasteiger partial charge in [0.1, 0.15) is 5.60 Å². The molecule has 0 N–H and O–H groups in total. The van der Waals surface area contributed by atoms with Crippen molar-refractivity contribution >= 4 is 34.5 Å². The Morgan fingerprint density at radius 1 is 1.27 bits per heavy atom. The Hall–Kier alpha value is -2.08. The first-order valence-electron chi connectivity index (χ1n) is 8.87. The molecular formula is C19H25ClN4O2. The van der Waals surface area contributed by atoms with Crippen LogP contribution in [-0.4, -0.2) is 52.7 Å². The average Bonchev–Trinajstić information content (AvgIpc) is 2.59. The van der Waals surface area contributed by atoms with Gasteiger partial charge in [-0.2, -0.15) is 0 Å². The first-order chi connectivity index (χ1) is 12.2. The maximum absolute atomic E-state index is 12.4. The molecule has 1 aliphatic rings. The van der Waals surface area contributed by atoms with Crippen LogP contribution in [0.5, 0.6) is 0 Å². The molecule has 1 aromatic heterocycles. The van der Waals surface area contributed by atoms with Gasteiger partial charge in [-0.3, -0.25) is 0 Å². The van der Waals surface area contributed by atoms with E-state index in [2.05, 4.69) is 9.97 Å². The number of benzene rings is 1. The number of ether oxygens (including phenoxy) is 1. The second kappa shape index (κ2) is 7.27. The Morgan fingerprint density at radius 3 is 2.58 bits per heavy atom. The fourth-order valence-electron chi connectivity index (χ4n) is 3.13. The fraction of sp³-hybridized carbons (Fsp3) is 0.526. The Kier molecular flexibility index (Phi) is 5.23. The lowest BCUT2D eigenvalue weighted by Crippen LogP contribution is -2.50. The molecule has 7 heteroatoms. The van der Waals surface area contributed by atoms with Gasteiger partial charge in [0.2, 0.25) is 0 Å². The highest BCUT2D eigenvalue weighted by Crippen LogP contribution is 2.28. The SMILES string of the molecule is CN(c1nc2ccccc2nc1Cl)[C@H]1CCCN(C(=O)OC(C)(C)C)C1. The molecule has 140 valence electrons. The molecule has 1 aromatic carbocycles. The fourth-order valence-corrected chi connectivity index (χ4v) is 3.40. The number of carbonyl (C=O) groups excluding carboxylic acids is 1. The number of piperidine rings is 1. The van der Waals surface area contributed by atoms with E-state index in [9.17, 15) is 4.79 Å². The van der Waals surface area contributed by atoms with Crippen LogP contribution < -0.4 is 4.90 Å². The largest absolute Gasteiger partial charge is 0.444 e. The number of likely N-dealkylation sites (tertiary alicyclic amines) is 1. The molecule has 1 amide bonds. The van der Waals surface area contributed by atoms with Gasteiger partial charge in [0.05, 0.1) is 11.0 Å². The monoisotopic (exact) mass is 376 g/mol. The summed E-state index contributed by atoms with van der Waals surface area (Å²) < 4.78 is 5.51. The molecule has 1 fully saturated rings. The van der Waals surface area contributed by atoms with E-state index in [0.717, 1.165) is 23.9 Å². The number of aromatic nitrogens is 2. The summed E-state index contributed by atoms with van der Waals surface area (Å²) in [7, 11) is 1.95. The van der Waals surface area contributed by atoms with Gasteiger partial charge in [-0.05, 0) is 45.7 Å². The van der Waals surface area contributed by atoms with Crippen LogP contribution >= 0.6 is 11.6 Å². The number of nitrogens with zero attached hydrogens (tertiary/aromatic N) is 4. The average molecular weight is 377 g/mol. The van der Waals surface area contributed by atoms with Crippen molar-refractivity contribution in [2.45, 2.75) is 45.3 Å². The van der Waals surface area contributed by atoms with E-state index in [0.29, 0.717) is 24.1 Å². The first kappa shape index (κ1) is 18.7. The van der Waals surface area contributed by atoms with Gasteiger partial charge in [0.15, 0.2) is 11.0 Å². The van der Waals surface area contributed by atoms with Crippen molar-refractivity contribution < 1.29 is 9.53 Å². The molecule has 0 unspecified atom stereocenters. The Bertz CT molecular complexity index is 806.